The number of carbonyl (C=O) groups excluding carboxylic acids is 1. The van der Waals surface area contributed by atoms with E-state index in [1.807, 2.05) is 0 Å². The number of phenolic OH excluding ortho intramolecular Hbond substituents is 2. The predicted molar refractivity (Wildman–Crippen MR) is 84.4 cm³/mol. The molecular formula is C16H16N2O5. The van der Waals surface area contributed by atoms with Gasteiger partial charge in [0.2, 0.25) is 0 Å². The summed E-state index contributed by atoms with van der Waals surface area (Å²) in [6, 6.07) is 8.83. The van der Waals surface area contributed by atoms with Crippen LogP contribution >= 0.6 is 0 Å². The van der Waals surface area contributed by atoms with Crippen LogP contribution in [0.5, 0.6) is 23.0 Å². The van der Waals surface area contributed by atoms with Crippen LogP contribution in [0.1, 0.15) is 15.9 Å². The van der Waals surface area contributed by atoms with E-state index in [9.17, 15) is 15.0 Å². The molecule has 1 amide bonds. The van der Waals surface area contributed by atoms with E-state index in [1.165, 1.54) is 44.7 Å². The Hall–Kier alpha value is -3.22. The number of hydrogen-bond acceptors (Lipinski definition) is 6. The maximum atomic E-state index is 12.0. The number of amides is 1. The van der Waals surface area contributed by atoms with Gasteiger partial charge in [0.05, 0.1) is 20.4 Å². The van der Waals surface area contributed by atoms with E-state index < -0.39 is 5.91 Å². The van der Waals surface area contributed by atoms with Gasteiger partial charge in [0, 0.05) is 11.1 Å². The third kappa shape index (κ3) is 3.91. The number of benzene rings is 2. The van der Waals surface area contributed by atoms with Crippen LogP contribution in [0, 0.1) is 0 Å². The molecule has 0 heterocycles. The van der Waals surface area contributed by atoms with Crippen LogP contribution in [0.4, 0.5) is 0 Å². The fourth-order valence-electron chi connectivity index (χ4n) is 1.81. The van der Waals surface area contributed by atoms with Crippen molar-refractivity contribution in [3.8, 4) is 23.0 Å². The number of rotatable bonds is 5. The molecule has 2 aromatic rings. The number of hydrazone groups is 1. The van der Waals surface area contributed by atoms with Gasteiger partial charge >= 0.3 is 0 Å². The van der Waals surface area contributed by atoms with Crippen LogP contribution in [0.2, 0.25) is 0 Å². The van der Waals surface area contributed by atoms with E-state index in [4.69, 9.17) is 9.47 Å². The van der Waals surface area contributed by atoms with Crippen molar-refractivity contribution in [3.63, 3.8) is 0 Å². The molecule has 0 saturated carbocycles. The summed E-state index contributed by atoms with van der Waals surface area (Å²) in [7, 11) is 2.90. The Labute approximate surface area is 132 Å². The van der Waals surface area contributed by atoms with Gasteiger partial charge in [-0.05, 0) is 36.4 Å². The molecule has 2 aromatic carbocycles. The van der Waals surface area contributed by atoms with Crippen molar-refractivity contribution in [3.05, 3.63) is 47.5 Å². The van der Waals surface area contributed by atoms with Gasteiger partial charge in [0.1, 0.15) is 11.5 Å². The molecule has 0 fully saturated rings. The average molecular weight is 316 g/mol. The minimum absolute atomic E-state index is 0.00935. The van der Waals surface area contributed by atoms with E-state index in [2.05, 4.69) is 10.5 Å². The zero-order chi connectivity index (χ0) is 16.8. The summed E-state index contributed by atoms with van der Waals surface area (Å²) in [4.78, 5) is 12.0. The highest BCUT2D eigenvalue weighted by atomic mass is 16.5. The molecule has 7 heteroatoms. The standard InChI is InChI=1S/C16H16N2O5/c1-22-12-4-6-13(19)11(7-12)9-17-18-16(21)10-3-5-14(20)15(8-10)23-2/h3-9,19-20H,1-2H3,(H,18,21). The van der Waals surface area contributed by atoms with Crippen LogP contribution < -0.4 is 14.9 Å². The summed E-state index contributed by atoms with van der Waals surface area (Å²) in [6.45, 7) is 0. The van der Waals surface area contributed by atoms with Crippen LogP contribution in [0.3, 0.4) is 0 Å². The number of hydrogen-bond donors (Lipinski definition) is 3. The zero-order valence-electron chi connectivity index (χ0n) is 12.6. The van der Waals surface area contributed by atoms with Gasteiger partial charge in [-0.15, -0.1) is 0 Å². The molecule has 0 aliphatic carbocycles. The number of methoxy groups -OCH3 is 2. The third-order valence-electron chi connectivity index (χ3n) is 3.05. The van der Waals surface area contributed by atoms with Crippen LogP contribution in [-0.2, 0) is 0 Å². The topological polar surface area (TPSA) is 100 Å². The number of ether oxygens (including phenoxy) is 2. The highest BCUT2D eigenvalue weighted by molar-refractivity contribution is 5.95. The van der Waals surface area contributed by atoms with E-state index >= 15 is 0 Å². The molecule has 0 aliphatic rings. The summed E-state index contributed by atoms with van der Waals surface area (Å²) in [5.74, 6) is 0.205. The monoisotopic (exact) mass is 316 g/mol. The maximum Gasteiger partial charge on any atom is 0.271 e. The highest BCUT2D eigenvalue weighted by Crippen LogP contribution is 2.26. The Balaban J connectivity index is 2.09. The van der Waals surface area contributed by atoms with Crippen LogP contribution in [0.15, 0.2) is 41.5 Å². The summed E-state index contributed by atoms with van der Waals surface area (Å²) < 4.78 is 9.98. The molecule has 7 nitrogen and oxygen atoms in total. The molecule has 0 spiro atoms. The average Bonchev–Trinajstić information content (AvgIpc) is 2.56. The number of aromatic hydroxyl groups is 2. The first-order valence-electron chi connectivity index (χ1n) is 6.62. The van der Waals surface area contributed by atoms with Crippen molar-refractivity contribution < 1.29 is 24.5 Å². The van der Waals surface area contributed by atoms with Crippen molar-refractivity contribution >= 4 is 12.1 Å². The second-order valence-electron chi connectivity index (χ2n) is 4.51. The maximum absolute atomic E-state index is 12.0. The molecular weight excluding hydrogens is 300 g/mol. The Morgan fingerprint density at radius 1 is 1.09 bits per heavy atom. The molecule has 0 radical (unpaired) electrons. The largest absolute Gasteiger partial charge is 0.507 e. The van der Waals surface area contributed by atoms with Gasteiger partial charge in [-0.25, -0.2) is 5.43 Å². The third-order valence-corrected chi connectivity index (χ3v) is 3.05. The molecule has 0 atom stereocenters. The molecule has 0 aromatic heterocycles. The number of nitrogens with zero attached hydrogens (tertiary/aromatic N) is 1. The fourth-order valence-corrected chi connectivity index (χ4v) is 1.81. The lowest BCUT2D eigenvalue weighted by molar-refractivity contribution is 0.0954. The predicted octanol–water partition coefficient (Wildman–Crippen LogP) is 1.88. The Morgan fingerprint density at radius 2 is 1.83 bits per heavy atom. The van der Waals surface area contributed by atoms with Gasteiger partial charge in [-0.2, -0.15) is 5.10 Å². The lowest BCUT2D eigenvalue weighted by atomic mass is 10.2. The van der Waals surface area contributed by atoms with Gasteiger partial charge in [-0.3, -0.25) is 4.79 Å². The lowest BCUT2D eigenvalue weighted by Gasteiger charge is -2.06. The van der Waals surface area contributed by atoms with Crippen molar-refractivity contribution in [2.45, 2.75) is 0 Å². The molecule has 23 heavy (non-hydrogen) atoms. The van der Waals surface area contributed by atoms with Gasteiger partial charge in [0.15, 0.2) is 11.5 Å². The summed E-state index contributed by atoms with van der Waals surface area (Å²) in [6.07, 6.45) is 1.30. The number of nitrogens with one attached hydrogen (secondary N) is 1. The molecule has 0 aliphatic heterocycles. The van der Waals surface area contributed by atoms with Gasteiger partial charge < -0.3 is 19.7 Å². The molecule has 2 rings (SSSR count). The van der Waals surface area contributed by atoms with E-state index in [-0.39, 0.29) is 22.8 Å². The quantitative estimate of drug-likeness (QED) is 0.577. The van der Waals surface area contributed by atoms with Crippen molar-refractivity contribution in [1.29, 1.82) is 0 Å². The minimum Gasteiger partial charge on any atom is -0.507 e. The SMILES string of the molecule is COc1ccc(O)c(C=NNC(=O)c2ccc(O)c(OC)c2)c1. The van der Waals surface area contributed by atoms with E-state index in [0.29, 0.717) is 11.3 Å². The second-order valence-corrected chi connectivity index (χ2v) is 4.51. The fraction of sp³-hybridized carbons (Fsp3) is 0.125. The number of phenols is 2. The van der Waals surface area contributed by atoms with Crippen LogP contribution in [-0.4, -0.2) is 36.6 Å². The Morgan fingerprint density at radius 3 is 2.52 bits per heavy atom. The summed E-state index contributed by atoms with van der Waals surface area (Å²) in [5.41, 5.74) is 2.99. The Kier molecular flexibility index (Phi) is 5.03. The summed E-state index contributed by atoms with van der Waals surface area (Å²) >= 11 is 0. The van der Waals surface area contributed by atoms with Crippen molar-refractivity contribution in [2.24, 2.45) is 5.10 Å². The molecule has 120 valence electrons. The minimum atomic E-state index is -0.484. The van der Waals surface area contributed by atoms with E-state index in [1.54, 1.807) is 12.1 Å². The summed E-state index contributed by atoms with van der Waals surface area (Å²) in [5, 5.41) is 23.0. The first-order chi connectivity index (χ1) is 11.0. The van der Waals surface area contributed by atoms with Crippen molar-refractivity contribution in [1.82, 2.24) is 5.43 Å². The second kappa shape index (κ2) is 7.17. The highest BCUT2D eigenvalue weighted by Gasteiger charge is 2.09. The molecule has 0 saturated heterocycles. The first kappa shape index (κ1) is 16.2. The van der Waals surface area contributed by atoms with Crippen LogP contribution in [0.25, 0.3) is 0 Å². The lowest BCUT2D eigenvalue weighted by Crippen LogP contribution is -2.17. The van der Waals surface area contributed by atoms with Gasteiger partial charge in [0.25, 0.3) is 5.91 Å². The van der Waals surface area contributed by atoms with Crippen molar-refractivity contribution in [2.75, 3.05) is 14.2 Å². The van der Waals surface area contributed by atoms with E-state index in [0.717, 1.165) is 0 Å². The Bertz CT molecular complexity index is 743. The molecule has 3 N–H and O–H groups in total. The number of carbonyl (C=O) groups is 1. The smallest absolute Gasteiger partial charge is 0.271 e. The molecule has 0 unspecified atom stereocenters. The first-order valence-corrected chi connectivity index (χ1v) is 6.62. The normalized spacial score (nSPS) is 10.5. The van der Waals surface area contributed by atoms with Gasteiger partial charge in [-0.1, -0.05) is 0 Å². The zero-order valence-corrected chi connectivity index (χ0v) is 12.6. The molecule has 0 bridgehead atoms.